The topological polar surface area (TPSA) is 35.5 Å². The number of halogens is 10. The molecule has 0 unspecified atom stereocenters. The van der Waals surface area contributed by atoms with Crippen molar-refractivity contribution in [2.45, 2.75) is 30.6 Å². The van der Waals surface area contributed by atoms with Crippen molar-refractivity contribution in [3.05, 3.63) is 0 Å². The van der Waals surface area contributed by atoms with Crippen LogP contribution in [0, 0.1) is 0 Å². The quantitative estimate of drug-likeness (QED) is 0.548. The first-order valence-electron chi connectivity index (χ1n) is 4.74. The number of rotatable bonds is 6. The number of hydrogen-bond acceptors (Lipinski definition) is 3. The first-order valence-corrected chi connectivity index (χ1v) is 4.74. The lowest BCUT2D eigenvalue weighted by molar-refractivity contribution is -0.253. The fourth-order valence-electron chi connectivity index (χ4n) is 0.728. The molecule has 3 nitrogen and oxygen atoms in total. The monoisotopic (exact) mass is 340 g/mol. The van der Waals surface area contributed by atoms with Crippen molar-refractivity contribution in [2.75, 3.05) is 13.2 Å². The highest BCUT2D eigenvalue weighted by Gasteiger charge is 2.57. The van der Waals surface area contributed by atoms with E-state index in [0.29, 0.717) is 0 Å². The van der Waals surface area contributed by atoms with Gasteiger partial charge in [-0.1, -0.05) is 0 Å². The second kappa shape index (κ2) is 6.56. The zero-order valence-electron chi connectivity index (χ0n) is 9.57. The van der Waals surface area contributed by atoms with Gasteiger partial charge in [0.25, 0.3) is 6.17 Å². The predicted molar refractivity (Wildman–Crippen MR) is 44.1 cm³/mol. The van der Waals surface area contributed by atoms with Crippen LogP contribution in [0.5, 0.6) is 0 Å². The van der Waals surface area contributed by atoms with Crippen molar-refractivity contribution in [3.63, 3.8) is 0 Å². The smallest absolute Gasteiger partial charge is 0.428 e. The molecular weight excluding hydrogens is 334 g/mol. The number of hydrogen-bond donors (Lipinski definition) is 0. The molecule has 0 rings (SSSR count). The number of alkyl halides is 10. The summed E-state index contributed by atoms with van der Waals surface area (Å²) < 4.78 is 127. The summed E-state index contributed by atoms with van der Waals surface area (Å²) in [6.45, 7) is -4.74. The fraction of sp³-hybridized carbons (Fsp3) is 0.875. The molecule has 0 aliphatic heterocycles. The molecule has 0 heterocycles. The minimum Gasteiger partial charge on any atom is -0.428 e. The van der Waals surface area contributed by atoms with Gasteiger partial charge in [0, 0.05) is 0 Å². The van der Waals surface area contributed by atoms with Crippen LogP contribution in [0.15, 0.2) is 0 Å². The highest BCUT2D eigenvalue weighted by molar-refractivity contribution is 5.59. The van der Waals surface area contributed by atoms with Gasteiger partial charge in [0.05, 0.1) is 0 Å². The Bertz CT molecular complexity index is 353. The summed E-state index contributed by atoms with van der Waals surface area (Å²) in [6, 6.07) is 0. The summed E-state index contributed by atoms with van der Waals surface area (Å²) in [7, 11) is 0. The van der Waals surface area contributed by atoms with Gasteiger partial charge < -0.3 is 9.47 Å². The van der Waals surface area contributed by atoms with E-state index in [9.17, 15) is 48.7 Å². The lowest BCUT2D eigenvalue weighted by Crippen LogP contribution is -2.45. The molecule has 0 spiro atoms. The molecule has 21 heavy (non-hydrogen) atoms. The highest BCUT2D eigenvalue weighted by Crippen LogP contribution is 2.35. The van der Waals surface area contributed by atoms with Crippen molar-refractivity contribution >= 4 is 6.16 Å². The third kappa shape index (κ3) is 6.25. The molecule has 0 aliphatic carbocycles. The van der Waals surface area contributed by atoms with Crippen molar-refractivity contribution in [2.24, 2.45) is 0 Å². The molecule has 0 amide bonds. The maximum absolute atomic E-state index is 12.6. The average molecular weight is 340 g/mol. The standard InChI is InChI=1S/C8H6F10O3/c9-3(8(16,17)18)6(12,13)1-20-5(19)21-2-7(14,15)4(10)11/h3-4H,1-2H2/t3-/m0/s1. The minimum absolute atomic E-state index is 2.26. The molecule has 0 aromatic carbocycles. The largest absolute Gasteiger partial charge is 0.508 e. The molecule has 0 aromatic rings. The summed E-state index contributed by atoms with van der Waals surface area (Å²) in [4.78, 5) is 10.5. The molecule has 0 saturated carbocycles. The number of carbonyl (C=O) groups excluding carboxylic acids is 1. The van der Waals surface area contributed by atoms with Crippen LogP contribution >= 0.6 is 0 Å². The Labute approximate surface area is 109 Å². The van der Waals surface area contributed by atoms with Gasteiger partial charge >= 0.3 is 30.6 Å². The molecule has 1 atom stereocenters. The van der Waals surface area contributed by atoms with Crippen molar-refractivity contribution in [1.82, 2.24) is 0 Å². The van der Waals surface area contributed by atoms with E-state index in [-0.39, 0.29) is 0 Å². The molecule has 0 bridgehead atoms. The van der Waals surface area contributed by atoms with Crippen LogP contribution in [-0.4, -0.2) is 50.0 Å². The van der Waals surface area contributed by atoms with Gasteiger partial charge in [-0.05, 0) is 0 Å². The maximum Gasteiger partial charge on any atom is 0.508 e. The van der Waals surface area contributed by atoms with Crippen molar-refractivity contribution in [3.8, 4) is 0 Å². The third-order valence-electron chi connectivity index (χ3n) is 1.74. The van der Waals surface area contributed by atoms with Gasteiger partial charge in [0.1, 0.15) is 0 Å². The zero-order valence-corrected chi connectivity index (χ0v) is 9.57. The SMILES string of the molecule is O=C(OCC(F)(F)C(F)F)OCC(F)(F)[C@H](F)C(F)(F)F. The van der Waals surface area contributed by atoms with E-state index in [4.69, 9.17) is 0 Å². The lowest BCUT2D eigenvalue weighted by Gasteiger charge is -2.22. The molecule has 0 radical (unpaired) electrons. The van der Waals surface area contributed by atoms with E-state index >= 15 is 0 Å². The lowest BCUT2D eigenvalue weighted by atomic mass is 10.2. The highest BCUT2D eigenvalue weighted by atomic mass is 19.4. The van der Waals surface area contributed by atoms with E-state index < -0.39 is 50.0 Å². The third-order valence-corrected chi connectivity index (χ3v) is 1.74. The van der Waals surface area contributed by atoms with Gasteiger partial charge in [-0.3, -0.25) is 0 Å². The Kier molecular flexibility index (Phi) is 6.11. The summed E-state index contributed by atoms with van der Waals surface area (Å²) in [5, 5.41) is 0. The van der Waals surface area contributed by atoms with Crippen molar-refractivity contribution in [1.29, 1.82) is 0 Å². The van der Waals surface area contributed by atoms with E-state index in [2.05, 4.69) is 9.47 Å². The molecule has 0 fully saturated rings. The van der Waals surface area contributed by atoms with Crippen LogP contribution < -0.4 is 0 Å². The molecular formula is C8H6F10O3. The molecule has 0 aromatic heterocycles. The molecule has 0 saturated heterocycles. The Morgan fingerprint density at radius 2 is 1.19 bits per heavy atom. The Morgan fingerprint density at radius 1 is 0.810 bits per heavy atom. The van der Waals surface area contributed by atoms with Gasteiger partial charge in [0.2, 0.25) is 0 Å². The van der Waals surface area contributed by atoms with Crippen LogP contribution in [0.25, 0.3) is 0 Å². The maximum atomic E-state index is 12.6. The predicted octanol–water partition coefficient (Wildman–Crippen LogP) is 3.58. The van der Waals surface area contributed by atoms with Crippen LogP contribution in [0.4, 0.5) is 48.7 Å². The Hall–Kier alpha value is -1.43. The van der Waals surface area contributed by atoms with Gasteiger partial charge in [0.15, 0.2) is 13.2 Å². The second-order valence-electron chi connectivity index (χ2n) is 3.55. The van der Waals surface area contributed by atoms with Gasteiger partial charge in [-0.15, -0.1) is 0 Å². The van der Waals surface area contributed by atoms with Crippen LogP contribution in [0.2, 0.25) is 0 Å². The Balaban J connectivity index is 4.37. The van der Waals surface area contributed by atoms with E-state index in [1.165, 1.54) is 0 Å². The van der Waals surface area contributed by atoms with E-state index in [0.717, 1.165) is 0 Å². The molecule has 0 N–H and O–H groups in total. The molecule has 13 heteroatoms. The second-order valence-corrected chi connectivity index (χ2v) is 3.55. The average Bonchev–Trinajstić information content (AvgIpc) is 2.31. The van der Waals surface area contributed by atoms with Gasteiger partial charge in [-0.2, -0.15) is 30.7 Å². The number of ether oxygens (including phenoxy) is 2. The first kappa shape index (κ1) is 19.6. The first-order chi connectivity index (χ1) is 9.20. The van der Waals surface area contributed by atoms with Crippen molar-refractivity contribution < 1.29 is 58.2 Å². The van der Waals surface area contributed by atoms with Gasteiger partial charge in [-0.25, -0.2) is 18.0 Å². The van der Waals surface area contributed by atoms with Crippen LogP contribution in [-0.2, 0) is 9.47 Å². The summed E-state index contributed by atoms with van der Waals surface area (Å²) in [6.07, 6.45) is -17.3. The summed E-state index contributed by atoms with van der Waals surface area (Å²) >= 11 is 0. The van der Waals surface area contributed by atoms with Crippen LogP contribution in [0.1, 0.15) is 0 Å². The molecule has 0 aliphatic rings. The fourth-order valence-corrected chi connectivity index (χ4v) is 0.728. The molecule has 126 valence electrons. The minimum atomic E-state index is -5.96. The zero-order chi connectivity index (χ0) is 17.1. The Morgan fingerprint density at radius 3 is 1.52 bits per heavy atom. The van der Waals surface area contributed by atoms with Crippen LogP contribution in [0.3, 0.4) is 0 Å². The van der Waals surface area contributed by atoms with E-state index in [1.54, 1.807) is 0 Å². The summed E-state index contributed by atoms with van der Waals surface area (Å²) in [5.74, 6) is -10.0. The summed E-state index contributed by atoms with van der Waals surface area (Å²) in [5.41, 5.74) is 0. The van der Waals surface area contributed by atoms with E-state index in [1.807, 2.05) is 0 Å². The normalized spacial score (nSPS) is 15.0. The number of carbonyl (C=O) groups is 1.